The van der Waals surface area contributed by atoms with Crippen molar-refractivity contribution in [2.75, 3.05) is 21.3 Å². The molecular weight excluding hydrogens is 486 g/mol. The molecule has 2 aromatic carbocycles. The average molecular weight is 512 g/mol. The van der Waals surface area contributed by atoms with Crippen molar-refractivity contribution in [3.05, 3.63) is 69.3 Å². The van der Waals surface area contributed by atoms with Gasteiger partial charge in [0.2, 0.25) is 0 Å². The molecule has 2 aliphatic rings. The average Bonchev–Trinajstić information content (AvgIpc) is 2.82. The Morgan fingerprint density at radius 2 is 1.76 bits per heavy atom. The van der Waals surface area contributed by atoms with Crippen LogP contribution in [0.2, 0.25) is 0 Å². The van der Waals surface area contributed by atoms with Crippen LogP contribution in [0.4, 0.5) is 0 Å². The Balaban J connectivity index is 1.80. The maximum Gasteiger partial charge on any atom is 0.315 e. The third kappa shape index (κ3) is 4.22. The molecule has 1 aliphatic carbocycles. The van der Waals surface area contributed by atoms with E-state index in [1.165, 1.54) is 7.11 Å². The summed E-state index contributed by atoms with van der Waals surface area (Å²) >= 11 is 3.61. The van der Waals surface area contributed by atoms with Gasteiger partial charge in [0.1, 0.15) is 5.92 Å². The predicted octanol–water partition coefficient (Wildman–Crippen LogP) is 5.21. The Labute approximate surface area is 201 Å². The van der Waals surface area contributed by atoms with Crippen LogP contribution < -0.4 is 9.47 Å². The van der Waals surface area contributed by atoms with E-state index < -0.39 is 17.8 Å². The Hall–Kier alpha value is -2.93. The molecule has 1 heterocycles. The molecule has 0 bridgehead atoms. The first-order valence-electron chi connectivity index (χ1n) is 10.7. The fraction of sp³-hybridized carbons (Fsp3) is 0.346. The fourth-order valence-electron chi connectivity index (χ4n) is 4.90. The van der Waals surface area contributed by atoms with Gasteiger partial charge in [0, 0.05) is 33.8 Å². The van der Waals surface area contributed by atoms with Crippen LogP contribution in [0.15, 0.2) is 63.2 Å². The molecule has 0 spiro atoms. The van der Waals surface area contributed by atoms with Crippen molar-refractivity contribution in [2.45, 2.75) is 31.6 Å². The smallest absolute Gasteiger partial charge is 0.315 e. The van der Waals surface area contributed by atoms with Gasteiger partial charge in [-0.25, -0.2) is 0 Å². The maximum atomic E-state index is 13.6. The van der Waals surface area contributed by atoms with Crippen molar-refractivity contribution >= 4 is 33.4 Å². The number of aliphatic imine (C=N–C) groups is 1. The standard InChI is InChI=1S/C26H26BrNO5/c1-14-23(26(30)33-4)24(17-7-5-6-8-18(17)27)25-19(28-14)11-16(12-20(25)29)15-9-10-21(31-2)22(13-15)32-3/h5-10,13,16,23-24H,11-12H2,1-4H3/t16-,23?,24+/m0/s1. The van der Waals surface area contributed by atoms with Gasteiger partial charge >= 0.3 is 5.97 Å². The Kier molecular flexibility index (Phi) is 6.70. The molecule has 4 rings (SSSR count). The van der Waals surface area contributed by atoms with Gasteiger partial charge in [-0.1, -0.05) is 40.2 Å². The lowest BCUT2D eigenvalue weighted by molar-refractivity contribution is -0.143. The van der Waals surface area contributed by atoms with Gasteiger partial charge in [0.05, 0.1) is 21.3 Å². The van der Waals surface area contributed by atoms with Crippen LogP contribution in [0.25, 0.3) is 0 Å². The van der Waals surface area contributed by atoms with Gasteiger partial charge in [-0.05, 0) is 48.6 Å². The van der Waals surface area contributed by atoms with Gasteiger partial charge in [-0.2, -0.15) is 0 Å². The van der Waals surface area contributed by atoms with E-state index in [-0.39, 0.29) is 11.7 Å². The molecule has 1 aliphatic heterocycles. The molecule has 7 heteroatoms. The SMILES string of the molecule is COC(=O)C1C(C)=NC2=C(C(=O)C[C@@H](c3ccc(OC)c(OC)c3)C2)[C@@H]1c1ccccc1Br. The summed E-state index contributed by atoms with van der Waals surface area (Å²) in [5.41, 5.74) is 3.88. The highest BCUT2D eigenvalue weighted by Gasteiger charge is 2.45. The molecule has 33 heavy (non-hydrogen) atoms. The molecule has 0 radical (unpaired) electrons. The van der Waals surface area contributed by atoms with E-state index in [0.29, 0.717) is 35.6 Å². The lowest BCUT2D eigenvalue weighted by Gasteiger charge is -2.36. The molecule has 0 saturated carbocycles. The highest BCUT2D eigenvalue weighted by Crippen LogP contribution is 2.48. The van der Waals surface area contributed by atoms with Crippen LogP contribution in [0.5, 0.6) is 11.5 Å². The third-order valence-electron chi connectivity index (χ3n) is 6.46. The molecular formula is C26H26BrNO5. The Bertz CT molecular complexity index is 1170. The molecule has 0 saturated heterocycles. The van der Waals surface area contributed by atoms with Crippen LogP contribution >= 0.6 is 15.9 Å². The van der Waals surface area contributed by atoms with E-state index in [2.05, 4.69) is 15.9 Å². The van der Waals surface area contributed by atoms with Crippen LogP contribution in [0.3, 0.4) is 0 Å². The number of ether oxygens (including phenoxy) is 3. The molecule has 172 valence electrons. The lowest BCUT2D eigenvalue weighted by Crippen LogP contribution is -2.37. The second-order valence-electron chi connectivity index (χ2n) is 8.26. The third-order valence-corrected chi connectivity index (χ3v) is 7.19. The Morgan fingerprint density at radius 1 is 1.03 bits per heavy atom. The van der Waals surface area contributed by atoms with Crippen molar-refractivity contribution in [1.29, 1.82) is 0 Å². The zero-order valence-electron chi connectivity index (χ0n) is 19.1. The fourth-order valence-corrected chi connectivity index (χ4v) is 5.43. The van der Waals surface area contributed by atoms with Crippen LogP contribution in [0.1, 0.15) is 42.7 Å². The van der Waals surface area contributed by atoms with Gasteiger partial charge < -0.3 is 14.2 Å². The highest BCUT2D eigenvalue weighted by atomic mass is 79.9. The van der Waals surface area contributed by atoms with Crippen molar-refractivity contribution in [3.8, 4) is 11.5 Å². The van der Waals surface area contributed by atoms with Gasteiger partial charge in [-0.15, -0.1) is 0 Å². The maximum absolute atomic E-state index is 13.6. The van der Waals surface area contributed by atoms with Gasteiger partial charge in [-0.3, -0.25) is 14.6 Å². The van der Waals surface area contributed by atoms with Gasteiger partial charge in [0.25, 0.3) is 0 Å². The zero-order valence-corrected chi connectivity index (χ0v) is 20.6. The number of carbonyl (C=O) groups excluding carboxylic acids is 2. The summed E-state index contributed by atoms with van der Waals surface area (Å²) in [6.45, 7) is 1.83. The molecule has 2 aromatic rings. The molecule has 0 fully saturated rings. The number of Topliss-reactive ketones (excluding diaryl/α,β-unsaturated/α-hetero) is 1. The Morgan fingerprint density at radius 3 is 2.42 bits per heavy atom. The summed E-state index contributed by atoms with van der Waals surface area (Å²) in [6.07, 6.45) is 0.931. The summed E-state index contributed by atoms with van der Waals surface area (Å²) < 4.78 is 16.8. The second kappa shape index (κ2) is 9.51. The predicted molar refractivity (Wildman–Crippen MR) is 129 cm³/mol. The van der Waals surface area contributed by atoms with Gasteiger partial charge in [0.15, 0.2) is 17.3 Å². The number of allylic oxidation sites excluding steroid dienone is 2. The largest absolute Gasteiger partial charge is 0.493 e. The van der Waals surface area contributed by atoms with E-state index in [0.717, 1.165) is 21.3 Å². The number of esters is 1. The number of benzene rings is 2. The van der Waals surface area contributed by atoms with Crippen LogP contribution in [-0.2, 0) is 14.3 Å². The van der Waals surface area contributed by atoms with Crippen LogP contribution in [0, 0.1) is 5.92 Å². The number of ketones is 1. The van der Waals surface area contributed by atoms with Crippen molar-refractivity contribution in [3.63, 3.8) is 0 Å². The number of carbonyl (C=O) groups is 2. The molecule has 1 unspecified atom stereocenters. The van der Waals surface area contributed by atoms with E-state index in [1.807, 2.05) is 49.4 Å². The van der Waals surface area contributed by atoms with Crippen molar-refractivity contribution in [1.82, 2.24) is 0 Å². The van der Waals surface area contributed by atoms with Crippen LogP contribution in [-0.4, -0.2) is 38.8 Å². The first kappa shape index (κ1) is 23.2. The minimum absolute atomic E-state index is 0.00180. The molecule has 3 atom stereocenters. The highest BCUT2D eigenvalue weighted by molar-refractivity contribution is 9.10. The quantitative estimate of drug-likeness (QED) is 0.514. The molecule has 0 N–H and O–H groups in total. The second-order valence-corrected chi connectivity index (χ2v) is 9.11. The number of methoxy groups -OCH3 is 3. The first-order valence-corrected chi connectivity index (χ1v) is 11.5. The van der Waals surface area contributed by atoms with Crippen molar-refractivity contribution < 1.29 is 23.8 Å². The summed E-state index contributed by atoms with van der Waals surface area (Å²) in [6, 6.07) is 13.4. The molecule has 0 aromatic heterocycles. The van der Waals surface area contributed by atoms with E-state index in [9.17, 15) is 9.59 Å². The first-order chi connectivity index (χ1) is 15.9. The monoisotopic (exact) mass is 511 g/mol. The zero-order chi connectivity index (χ0) is 23.7. The molecule has 0 amide bonds. The van der Waals surface area contributed by atoms with E-state index >= 15 is 0 Å². The number of nitrogens with zero attached hydrogens (tertiary/aromatic N) is 1. The summed E-state index contributed by atoms with van der Waals surface area (Å²) in [7, 11) is 4.56. The minimum Gasteiger partial charge on any atom is -0.493 e. The number of halogens is 1. The van der Waals surface area contributed by atoms with Crippen molar-refractivity contribution in [2.24, 2.45) is 10.9 Å². The number of hydrogen-bond donors (Lipinski definition) is 0. The van der Waals surface area contributed by atoms with E-state index in [4.69, 9.17) is 19.2 Å². The summed E-state index contributed by atoms with van der Waals surface area (Å²) in [5.74, 6) is -0.247. The minimum atomic E-state index is -0.644. The summed E-state index contributed by atoms with van der Waals surface area (Å²) in [5, 5.41) is 0. The molecule has 6 nitrogen and oxygen atoms in total. The number of hydrogen-bond acceptors (Lipinski definition) is 6. The number of rotatable bonds is 5. The summed E-state index contributed by atoms with van der Waals surface area (Å²) in [4.78, 5) is 31.2. The normalized spacial score (nSPS) is 22.4. The lowest BCUT2D eigenvalue weighted by atomic mass is 9.69. The van der Waals surface area contributed by atoms with E-state index in [1.54, 1.807) is 14.2 Å². The topological polar surface area (TPSA) is 74.2 Å².